The number of amides is 3. The fraction of sp³-hybridized carbons (Fsp3) is 0.129. The largest absolute Gasteiger partial charge is 0.480 e. The number of carbonyl (C=O) groups is 3. The van der Waals surface area contributed by atoms with Crippen LogP contribution in [-0.2, 0) is 16.0 Å². The van der Waals surface area contributed by atoms with Gasteiger partial charge in [-0.25, -0.2) is 14.4 Å². The Morgan fingerprint density at radius 3 is 1.87 bits per heavy atom. The number of carboxylic acid groups (broad SMARTS) is 1. The molecule has 0 spiro atoms. The van der Waals surface area contributed by atoms with Gasteiger partial charge in [0.1, 0.15) is 12.6 Å². The third kappa shape index (κ3) is 5.75. The molecule has 8 nitrogen and oxygen atoms in total. The molecular formula is C31H27N3O5. The van der Waals surface area contributed by atoms with E-state index >= 15 is 0 Å². The Morgan fingerprint density at radius 2 is 1.33 bits per heavy atom. The lowest BCUT2D eigenvalue weighted by Crippen LogP contribution is -2.42. The number of rotatable bonds is 8. The number of hydrogen-bond donors (Lipinski definition) is 4. The highest BCUT2D eigenvalue weighted by atomic mass is 16.5. The normalized spacial score (nSPS) is 12.6. The van der Waals surface area contributed by atoms with Crippen LogP contribution in [0.4, 0.5) is 15.3 Å². The van der Waals surface area contributed by atoms with Gasteiger partial charge in [-0.05, 0) is 51.1 Å². The summed E-state index contributed by atoms with van der Waals surface area (Å²) in [6.45, 7) is 0.106. The molecule has 1 atom stereocenters. The van der Waals surface area contributed by atoms with Gasteiger partial charge in [0.15, 0.2) is 0 Å². The van der Waals surface area contributed by atoms with Crippen LogP contribution < -0.4 is 16.4 Å². The van der Waals surface area contributed by atoms with Crippen LogP contribution in [0.1, 0.15) is 22.6 Å². The van der Waals surface area contributed by atoms with Crippen molar-refractivity contribution in [3.8, 4) is 22.3 Å². The standard InChI is InChI=1S/C31H27N3O5/c32-30(37)33-22-15-13-21(14-16-22)20-11-9-19(10-12-20)17-28(29(35)36)34-31(38)39-18-27-25-7-3-1-5-23(25)24-6-2-4-8-26(24)27/h1-16,27-28H,17-18H2,(H,34,38)(H,35,36)(H3,32,33,37)/t28-/m0/s1. The average molecular weight is 522 g/mol. The molecule has 0 saturated carbocycles. The number of nitrogens with two attached hydrogens (primary N) is 1. The first-order chi connectivity index (χ1) is 18.9. The van der Waals surface area contributed by atoms with E-state index in [1.165, 1.54) is 0 Å². The van der Waals surface area contributed by atoms with E-state index in [4.69, 9.17) is 10.5 Å². The van der Waals surface area contributed by atoms with Crippen LogP contribution in [0.25, 0.3) is 22.3 Å². The minimum absolute atomic E-state index is 0.0985. The number of benzene rings is 4. The maximum atomic E-state index is 12.6. The van der Waals surface area contributed by atoms with Crippen LogP contribution in [0.5, 0.6) is 0 Å². The van der Waals surface area contributed by atoms with E-state index in [1.807, 2.05) is 72.8 Å². The molecule has 4 aromatic carbocycles. The van der Waals surface area contributed by atoms with E-state index < -0.39 is 24.1 Å². The molecule has 1 aliphatic carbocycles. The van der Waals surface area contributed by atoms with Gasteiger partial charge in [0.25, 0.3) is 0 Å². The van der Waals surface area contributed by atoms with Crippen LogP contribution in [0.3, 0.4) is 0 Å². The predicted octanol–water partition coefficient (Wildman–Crippen LogP) is 5.38. The molecule has 5 N–H and O–H groups in total. The summed E-state index contributed by atoms with van der Waals surface area (Å²) in [5.74, 6) is -1.26. The predicted molar refractivity (Wildman–Crippen MR) is 148 cm³/mol. The van der Waals surface area contributed by atoms with Crippen molar-refractivity contribution < 1.29 is 24.2 Å². The number of carboxylic acids is 1. The molecule has 0 heterocycles. The third-order valence-electron chi connectivity index (χ3n) is 6.81. The number of anilines is 1. The number of aliphatic carboxylic acids is 1. The Hall–Kier alpha value is -5.11. The van der Waals surface area contributed by atoms with Crippen LogP contribution in [-0.4, -0.2) is 35.8 Å². The number of fused-ring (bicyclic) bond motifs is 3. The molecule has 4 aromatic rings. The highest BCUT2D eigenvalue weighted by Crippen LogP contribution is 2.44. The van der Waals surface area contributed by atoms with Gasteiger partial charge >= 0.3 is 18.1 Å². The minimum Gasteiger partial charge on any atom is -0.480 e. The lowest BCUT2D eigenvalue weighted by atomic mass is 9.98. The van der Waals surface area contributed by atoms with Gasteiger partial charge in [0.2, 0.25) is 0 Å². The summed E-state index contributed by atoms with van der Waals surface area (Å²) in [6, 6.07) is 28.8. The second-order valence-electron chi connectivity index (χ2n) is 9.33. The van der Waals surface area contributed by atoms with Crippen molar-refractivity contribution in [2.24, 2.45) is 5.73 Å². The summed E-state index contributed by atoms with van der Waals surface area (Å²) >= 11 is 0. The zero-order chi connectivity index (χ0) is 27.4. The summed E-state index contributed by atoms with van der Waals surface area (Å²) < 4.78 is 5.52. The van der Waals surface area contributed by atoms with Gasteiger partial charge < -0.3 is 26.2 Å². The highest BCUT2D eigenvalue weighted by Gasteiger charge is 2.29. The first kappa shape index (κ1) is 25.5. The highest BCUT2D eigenvalue weighted by molar-refractivity contribution is 5.88. The molecule has 8 heteroatoms. The van der Waals surface area contributed by atoms with Crippen molar-refractivity contribution in [3.63, 3.8) is 0 Å². The van der Waals surface area contributed by atoms with Gasteiger partial charge in [0, 0.05) is 18.0 Å². The first-order valence-corrected chi connectivity index (χ1v) is 12.5. The van der Waals surface area contributed by atoms with E-state index in [1.54, 1.807) is 12.1 Å². The summed E-state index contributed by atoms with van der Waals surface area (Å²) in [7, 11) is 0. The van der Waals surface area contributed by atoms with Gasteiger partial charge in [0.05, 0.1) is 0 Å². The molecule has 0 fully saturated rings. The average Bonchev–Trinajstić information content (AvgIpc) is 3.26. The van der Waals surface area contributed by atoms with Crippen molar-refractivity contribution in [2.75, 3.05) is 11.9 Å². The molecule has 0 aliphatic heterocycles. The molecule has 39 heavy (non-hydrogen) atoms. The van der Waals surface area contributed by atoms with Crippen LogP contribution in [0, 0.1) is 0 Å². The van der Waals surface area contributed by atoms with Crippen molar-refractivity contribution >= 4 is 23.8 Å². The summed E-state index contributed by atoms with van der Waals surface area (Å²) in [5.41, 5.74) is 12.7. The fourth-order valence-corrected chi connectivity index (χ4v) is 4.94. The van der Waals surface area contributed by atoms with Crippen molar-refractivity contribution in [1.82, 2.24) is 5.32 Å². The Bertz CT molecular complexity index is 1470. The van der Waals surface area contributed by atoms with Crippen molar-refractivity contribution in [3.05, 3.63) is 114 Å². The number of nitrogens with one attached hydrogen (secondary N) is 2. The Kier molecular flexibility index (Phi) is 7.27. The quantitative estimate of drug-likeness (QED) is 0.247. The number of urea groups is 1. The van der Waals surface area contributed by atoms with E-state index in [9.17, 15) is 19.5 Å². The molecule has 0 radical (unpaired) electrons. The van der Waals surface area contributed by atoms with E-state index in [2.05, 4.69) is 22.8 Å². The smallest absolute Gasteiger partial charge is 0.407 e. The number of alkyl carbamates (subject to hydrolysis) is 1. The SMILES string of the molecule is NC(=O)Nc1ccc(-c2ccc(C[C@H](NC(=O)OCC3c4ccccc4-c4ccccc43)C(=O)O)cc2)cc1. The van der Waals surface area contributed by atoms with Gasteiger partial charge in [-0.3, -0.25) is 0 Å². The number of hydrogen-bond acceptors (Lipinski definition) is 4. The Morgan fingerprint density at radius 1 is 0.795 bits per heavy atom. The van der Waals surface area contributed by atoms with Gasteiger partial charge in [-0.15, -0.1) is 0 Å². The van der Waals surface area contributed by atoms with Crippen LogP contribution >= 0.6 is 0 Å². The molecule has 3 amide bonds. The topological polar surface area (TPSA) is 131 Å². The van der Waals surface area contributed by atoms with Crippen LogP contribution in [0.2, 0.25) is 0 Å². The molecule has 0 aromatic heterocycles. The van der Waals surface area contributed by atoms with Crippen molar-refractivity contribution in [1.29, 1.82) is 0 Å². The Balaban J connectivity index is 1.20. The molecule has 0 saturated heterocycles. The summed E-state index contributed by atoms with van der Waals surface area (Å²) in [4.78, 5) is 35.5. The number of ether oxygens (including phenoxy) is 1. The second kappa shape index (κ2) is 11.1. The van der Waals surface area contributed by atoms with E-state index in [-0.39, 0.29) is 18.9 Å². The lowest BCUT2D eigenvalue weighted by Gasteiger charge is -2.17. The third-order valence-corrected chi connectivity index (χ3v) is 6.81. The molecule has 0 unspecified atom stereocenters. The summed E-state index contributed by atoms with van der Waals surface area (Å²) in [5, 5.41) is 14.7. The number of carbonyl (C=O) groups excluding carboxylic acids is 2. The number of primary amides is 1. The van der Waals surface area contributed by atoms with Gasteiger partial charge in [-0.1, -0.05) is 84.9 Å². The van der Waals surface area contributed by atoms with Gasteiger partial charge in [-0.2, -0.15) is 0 Å². The molecular weight excluding hydrogens is 494 g/mol. The summed E-state index contributed by atoms with van der Waals surface area (Å²) in [6.07, 6.45) is -0.674. The molecule has 196 valence electrons. The Labute approximate surface area is 225 Å². The molecule has 0 bridgehead atoms. The molecule has 1 aliphatic rings. The van der Waals surface area contributed by atoms with E-state index in [0.717, 1.165) is 38.9 Å². The second-order valence-corrected chi connectivity index (χ2v) is 9.33. The fourth-order valence-electron chi connectivity index (χ4n) is 4.94. The zero-order valence-electron chi connectivity index (χ0n) is 21.0. The maximum Gasteiger partial charge on any atom is 0.407 e. The maximum absolute atomic E-state index is 12.6. The lowest BCUT2D eigenvalue weighted by molar-refractivity contribution is -0.139. The van der Waals surface area contributed by atoms with E-state index in [0.29, 0.717) is 5.69 Å². The van der Waals surface area contributed by atoms with Crippen LogP contribution in [0.15, 0.2) is 97.1 Å². The van der Waals surface area contributed by atoms with Crippen molar-refractivity contribution in [2.45, 2.75) is 18.4 Å². The first-order valence-electron chi connectivity index (χ1n) is 12.5. The molecule has 5 rings (SSSR count). The minimum atomic E-state index is -1.15. The monoisotopic (exact) mass is 521 g/mol. The zero-order valence-corrected chi connectivity index (χ0v) is 21.0.